The zero-order valence-corrected chi connectivity index (χ0v) is 13.6. The summed E-state index contributed by atoms with van der Waals surface area (Å²) < 4.78 is 26.1. The average molecular weight is 325 g/mol. The number of benzene rings is 1. The molecular weight excluding hydrogens is 302 g/mol. The van der Waals surface area contributed by atoms with Crippen molar-refractivity contribution < 1.29 is 13.2 Å². The molecule has 1 aliphatic heterocycles. The van der Waals surface area contributed by atoms with Crippen molar-refractivity contribution in [1.29, 1.82) is 0 Å². The largest absolute Gasteiger partial charge is 0.337 e. The Labute approximate surface area is 131 Å². The van der Waals surface area contributed by atoms with Crippen LogP contribution in [0.3, 0.4) is 0 Å². The SMILES string of the molecule is CCCS(=O)(=O)Nc1cccc(C(=O)N2CCCC(N)C2)c1. The zero-order chi connectivity index (χ0) is 16.2. The Morgan fingerprint density at radius 2 is 2.23 bits per heavy atom. The molecule has 1 heterocycles. The number of piperidine rings is 1. The molecule has 0 bridgehead atoms. The van der Waals surface area contributed by atoms with Crippen LogP contribution in [0.5, 0.6) is 0 Å². The quantitative estimate of drug-likeness (QED) is 0.856. The first kappa shape index (κ1) is 16.8. The Morgan fingerprint density at radius 1 is 1.45 bits per heavy atom. The number of anilines is 1. The Bertz CT molecular complexity index is 631. The molecule has 122 valence electrons. The fourth-order valence-corrected chi connectivity index (χ4v) is 3.72. The molecule has 3 N–H and O–H groups in total. The van der Waals surface area contributed by atoms with Gasteiger partial charge in [0.05, 0.1) is 5.75 Å². The third-order valence-corrected chi connectivity index (χ3v) is 5.09. The van der Waals surface area contributed by atoms with Crippen LogP contribution >= 0.6 is 0 Å². The van der Waals surface area contributed by atoms with Crippen molar-refractivity contribution >= 4 is 21.6 Å². The minimum atomic E-state index is -3.36. The van der Waals surface area contributed by atoms with Gasteiger partial charge in [0.1, 0.15) is 0 Å². The van der Waals surface area contributed by atoms with Crippen LogP contribution in [-0.4, -0.2) is 44.1 Å². The maximum atomic E-state index is 12.5. The van der Waals surface area contributed by atoms with E-state index in [4.69, 9.17) is 5.73 Å². The Kier molecular flexibility index (Phi) is 5.42. The van der Waals surface area contributed by atoms with Crippen molar-refractivity contribution in [1.82, 2.24) is 4.90 Å². The first-order valence-corrected chi connectivity index (χ1v) is 9.22. The van der Waals surface area contributed by atoms with Crippen molar-refractivity contribution in [3.8, 4) is 0 Å². The third-order valence-electron chi connectivity index (χ3n) is 3.60. The summed E-state index contributed by atoms with van der Waals surface area (Å²) in [5.41, 5.74) is 6.80. The molecule has 7 heteroatoms. The number of carbonyl (C=O) groups is 1. The van der Waals surface area contributed by atoms with Gasteiger partial charge in [-0.15, -0.1) is 0 Å². The molecule has 2 rings (SSSR count). The maximum absolute atomic E-state index is 12.5. The predicted molar refractivity (Wildman–Crippen MR) is 87.3 cm³/mol. The summed E-state index contributed by atoms with van der Waals surface area (Å²) in [5, 5.41) is 0. The monoisotopic (exact) mass is 325 g/mol. The van der Waals surface area contributed by atoms with Crippen LogP contribution in [0.1, 0.15) is 36.5 Å². The van der Waals surface area contributed by atoms with Crippen LogP contribution in [0.25, 0.3) is 0 Å². The number of hydrogen-bond acceptors (Lipinski definition) is 4. The normalized spacial score (nSPS) is 19.0. The molecule has 1 aromatic carbocycles. The second kappa shape index (κ2) is 7.11. The predicted octanol–water partition coefficient (Wildman–Crippen LogP) is 1.40. The molecule has 1 aliphatic rings. The third kappa shape index (κ3) is 4.45. The Morgan fingerprint density at radius 3 is 2.91 bits per heavy atom. The van der Waals surface area contributed by atoms with E-state index >= 15 is 0 Å². The second-order valence-electron chi connectivity index (χ2n) is 5.66. The molecule has 1 unspecified atom stereocenters. The van der Waals surface area contributed by atoms with Crippen LogP contribution in [-0.2, 0) is 10.0 Å². The lowest BCUT2D eigenvalue weighted by atomic mass is 10.1. The van der Waals surface area contributed by atoms with Crippen LogP contribution in [0, 0.1) is 0 Å². The lowest BCUT2D eigenvalue weighted by Gasteiger charge is -2.30. The van der Waals surface area contributed by atoms with Gasteiger partial charge in [0.15, 0.2) is 0 Å². The van der Waals surface area contributed by atoms with Gasteiger partial charge >= 0.3 is 0 Å². The number of nitrogens with zero attached hydrogens (tertiary/aromatic N) is 1. The van der Waals surface area contributed by atoms with Gasteiger partial charge in [-0.1, -0.05) is 13.0 Å². The highest BCUT2D eigenvalue weighted by molar-refractivity contribution is 7.92. The molecule has 1 aromatic rings. The fraction of sp³-hybridized carbons (Fsp3) is 0.533. The van der Waals surface area contributed by atoms with Gasteiger partial charge in [-0.25, -0.2) is 8.42 Å². The van der Waals surface area contributed by atoms with Crippen LogP contribution in [0.2, 0.25) is 0 Å². The summed E-state index contributed by atoms with van der Waals surface area (Å²) in [6.45, 7) is 3.04. The number of carbonyl (C=O) groups excluding carboxylic acids is 1. The number of likely N-dealkylation sites (tertiary alicyclic amines) is 1. The maximum Gasteiger partial charge on any atom is 0.253 e. The topological polar surface area (TPSA) is 92.5 Å². The molecule has 0 aliphatic carbocycles. The zero-order valence-electron chi connectivity index (χ0n) is 12.8. The highest BCUT2D eigenvalue weighted by Crippen LogP contribution is 2.17. The van der Waals surface area contributed by atoms with E-state index in [1.165, 1.54) is 0 Å². The fourth-order valence-electron chi connectivity index (χ4n) is 2.59. The molecule has 1 amide bonds. The molecule has 0 saturated carbocycles. The van der Waals surface area contributed by atoms with Gasteiger partial charge in [0, 0.05) is 30.4 Å². The lowest BCUT2D eigenvalue weighted by molar-refractivity contribution is 0.0709. The standard InChI is InChI=1S/C15H23N3O3S/c1-2-9-22(20,21)17-14-7-3-5-12(10-14)15(19)18-8-4-6-13(16)11-18/h3,5,7,10,13,17H,2,4,6,8-9,11,16H2,1H3. The van der Waals surface area contributed by atoms with Crippen molar-refractivity contribution in [2.45, 2.75) is 32.2 Å². The number of sulfonamides is 1. The molecule has 0 radical (unpaired) electrons. The Balaban J connectivity index is 2.12. The number of rotatable bonds is 5. The average Bonchev–Trinajstić information content (AvgIpc) is 2.46. The number of amides is 1. The van der Waals surface area contributed by atoms with E-state index in [0.29, 0.717) is 30.8 Å². The summed E-state index contributed by atoms with van der Waals surface area (Å²) in [6, 6.07) is 6.62. The van der Waals surface area contributed by atoms with Crippen molar-refractivity contribution in [3.63, 3.8) is 0 Å². The van der Waals surface area contributed by atoms with E-state index in [2.05, 4.69) is 4.72 Å². The highest BCUT2D eigenvalue weighted by atomic mass is 32.2. The molecule has 0 spiro atoms. The van der Waals surface area contributed by atoms with Crippen LogP contribution < -0.4 is 10.5 Å². The molecule has 1 fully saturated rings. The van der Waals surface area contributed by atoms with Gasteiger partial charge < -0.3 is 10.6 Å². The van der Waals surface area contributed by atoms with Crippen molar-refractivity contribution in [3.05, 3.63) is 29.8 Å². The lowest BCUT2D eigenvalue weighted by Crippen LogP contribution is -2.45. The van der Waals surface area contributed by atoms with Gasteiger partial charge in [0.2, 0.25) is 10.0 Å². The molecular formula is C15H23N3O3S. The second-order valence-corrected chi connectivity index (χ2v) is 7.50. The Hall–Kier alpha value is -1.60. The molecule has 22 heavy (non-hydrogen) atoms. The van der Waals surface area contributed by atoms with Crippen LogP contribution in [0.15, 0.2) is 24.3 Å². The number of nitrogens with two attached hydrogens (primary N) is 1. The first-order valence-electron chi connectivity index (χ1n) is 7.56. The van der Waals surface area contributed by atoms with E-state index < -0.39 is 10.0 Å². The minimum absolute atomic E-state index is 0.0175. The smallest absolute Gasteiger partial charge is 0.253 e. The summed E-state index contributed by atoms with van der Waals surface area (Å²) in [6.07, 6.45) is 2.37. The van der Waals surface area contributed by atoms with Crippen molar-refractivity contribution in [2.24, 2.45) is 5.73 Å². The highest BCUT2D eigenvalue weighted by Gasteiger charge is 2.22. The first-order chi connectivity index (χ1) is 10.4. The van der Waals surface area contributed by atoms with Gasteiger partial charge in [-0.3, -0.25) is 9.52 Å². The van der Waals surface area contributed by atoms with E-state index in [1.54, 1.807) is 36.1 Å². The summed E-state index contributed by atoms with van der Waals surface area (Å²) in [5.74, 6) is -0.0433. The van der Waals surface area contributed by atoms with E-state index in [-0.39, 0.29) is 17.7 Å². The minimum Gasteiger partial charge on any atom is -0.337 e. The van der Waals surface area contributed by atoms with Gasteiger partial charge in [-0.05, 0) is 37.5 Å². The summed E-state index contributed by atoms with van der Waals surface area (Å²) in [7, 11) is -3.36. The molecule has 1 atom stereocenters. The van der Waals surface area contributed by atoms with E-state index in [9.17, 15) is 13.2 Å². The van der Waals surface area contributed by atoms with Crippen molar-refractivity contribution in [2.75, 3.05) is 23.6 Å². The number of hydrogen-bond donors (Lipinski definition) is 2. The van der Waals surface area contributed by atoms with E-state index in [0.717, 1.165) is 12.8 Å². The van der Waals surface area contributed by atoms with Gasteiger partial charge in [-0.2, -0.15) is 0 Å². The number of nitrogens with one attached hydrogen (secondary N) is 1. The summed E-state index contributed by atoms with van der Waals surface area (Å²) >= 11 is 0. The van der Waals surface area contributed by atoms with E-state index in [1.807, 2.05) is 0 Å². The summed E-state index contributed by atoms with van der Waals surface area (Å²) in [4.78, 5) is 14.2. The molecule has 6 nitrogen and oxygen atoms in total. The van der Waals surface area contributed by atoms with Gasteiger partial charge in [0.25, 0.3) is 5.91 Å². The molecule has 0 aromatic heterocycles. The van der Waals surface area contributed by atoms with Crippen LogP contribution in [0.4, 0.5) is 5.69 Å². The molecule has 1 saturated heterocycles.